The molecule has 0 amide bonds. The number of benzene rings is 2. The number of hydrogen-bond acceptors (Lipinski definition) is 6. The van der Waals surface area contributed by atoms with Gasteiger partial charge in [0.1, 0.15) is 18.1 Å². The summed E-state index contributed by atoms with van der Waals surface area (Å²) >= 11 is 0. The Labute approximate surface area is 232 Å². The largest absolute Gasteiger partial charge is 0.543 e. The van der Waals surface area contributed by atoms with Crippen molar-refractivity contribution >= 4 is 16.6 Å². The maximum atomic E-state index is 7.07. The minimum Gasteiger partial charge on any atom is -0.543 e. The summed E-state index contributed by atoms with van der Waals surface area (Å²) < 4.78 is 38.9. The summed E-state index contributed by atoms with van der Waals surface area (Å²) in [4.78, 5) is 0. The molecule has 0 spiro atoms. The highest BCUT2D eigenvalue weighted by Gasteiger charge is 2.72. The van der Waals surface area contributed by atoms with Crippen LogP contribution in [0.5, 0.6) is 11.5 Å². The van der Waals surface area contributed by atoms with Gasteiger partial charge in [-0.2, -0.15) is 0 Å². The molecule has 0 saturated carbocycles. The van der Waals surface area contributed by atoms with E-state index in [1.165, 1.54) is 0 Å². The van der Waals surface area contributed by atoms with Crippen LogP contribution >= 0.6 is 0 Å². The normalized spacial score (nSPS) is 19.5. The van der Waals surface area contributed by atoms with Gasteiger partial charge in [-0.3, -0.25) is 0 Å². The zero-order valence-corrected chi connectivity index (χ0v) is 27.7. The van der Waals surface area contributed by atoms with Crippen molar-refractivity contribution in [1.29, 1.82) is 0 Å². The van der Waals surface area contributed by atoms with Crippen LogP contribution in [0.15, 0.2) is 42.5 Å². The third kappa shape index (κ3) is 5.11. The highest BCUT2D eigenvalue weighted by molar-refractivity contribution is 6.75. The minimum atomic E-state index is -2.37. The monoisotopic (exact) mass is 560 g/mol. The topological polar surface area (TPSA) is 55.4 Å². The lowest BCUT2D eigenvalue weighted by atomic mass is 9.74. The second kappa shape index (κ2) is 10.4. The molecule has 2 aromatic carbocycles. The van der Waals surface area contributed by atoms with Gasteiger partial charge >= 0.3 is 0 Å². The fourth-order valence-corrected chi connectivity index (χ4v) is 6.64. The van der Waals surface area contributed by atoms with Crippen LogP contribution in [0.1, 0.15) is 58.2 Å². The quantitative estimate of drug-likeness (QED) is 0.217. The van der Waals surface area contributed by atoms with Gasteiger partial charge in [-0.1, -0.05) is 71.9 Å². The molecule has 38 heavy (non-hydrogen) atoms. The average Bonchev–Trinajstić information content (AvgIpc) is 2.81. The maximum absolute atomic E-state index is 7.07. The van der Waals surface area contributed by atoms with Crippen molar-refractivity contribution < 1.29 is 27.8 Å². The van der Waals surface area contributed by atoms with Crippen molar-refractivity contribution in [2.75, 3.05) is 21.3 Å². The lowest BCUT2D eigenvalue weighted by Gasteiger charge is -2.59. The van der Waals surface area contributed by atoms with E-state index in [9.17, 15) is 0 Å². The summed E-state index contributed by atoms with van der Waals surface area (Å²) in [7, 11) is 0.281. The predicted octanol–water partition coefficient (Wildman–Crippen LogP) is 7.93. The van der Waals surface area contributed by atoms with E-state index < -0.39 is 28.2 Å². The molecule has 8 heteroatoms. The zero-order valence-electron chi connectivity index (χ0n) is 25.7. The SMILES string of the molecule is COC1(OC)c2cc(OCc3ccccc3)cc(O[Si](C)(C)C(C)(C)C)c2C1(OC)O[Si](C)(C)C(C)(C)C. The number of fused-ring (bicyclic) bond motifs is 1. The first-order valence-corrected chi connectivity index (χ1v) is 19.1. The van der Waals surface area contributed by atoms with Crippen LogP contribution in [0.3, 0.4) is 0 Å². The van der Waals surface area contributed by atoms with Gasteiger partial charge in [-0.15, -0.1) is 0 Å². The Morgan fingerprint density at radius 3 is 1.71 bits per heavy atom. The van der Waals surface area contributed by atoms with Gasteiger partial charge in [-0.05, 0) is 47.9 Å². The smallest absolute Gasteiger partial charge is 0.255 e. The van der Waals surface area contributed by atoms with E-state index in [-0.39, 0.29) is 10.1 Å². The molecule has 0 aliphatic heterocycles. The number of rotatable bonds is 10. The van der Waals surface area contributed by atoms with E-state index in [1.807, 2.05) is 42.5 Å². The van der Waals surface area contributed by atoms with Gasteiger partial charge in [0.05, 0.1) is 5.56 Å². The van der Waals surface area contributed by atoms with Gasteiger partial charge in [0, 0.05) is 33.0 Å². The van der Waals surface area contributed by atoms with Crippen LogP contribution in [0.4, 0.5) is 0 Å². The molecular weight excluding hydrogens is 512 g/mol. The second-order valence-corrected chi connectivity index (χ2v) is 22.6. The Morgan fingerprint density at radius 1 is 0.711 bits per heavy atom. The zero-order chi connectivity index (χ0) is 28.8. The number of methoxy groups -OCH3 is 3. The maximum Gasteiger partial charge on any atom is 0.255 e. The van der Waals surface area contributed by atoms with Crippen LogP contribution in [0.25, 0.3) is 0 Å². The molecule has 6 nitrogen and oxygen atoms in total. The molecule has 212 valence electrons. The minimum absolute atomic E-state index is 0.0137. The van der Waals surface area contributed by atoms with Gasteiger partial charge in [0.2, 0.25) is 8.32 Å². The van der Waals surface area contributed by atoms with Crippen LogP contribution < -0.4 is 9.16 Å². The lowest BCUT2D eigenvalue weighted by Crippen LogP contribution is -2.67. The Hall–Kier alpha value is -1.69. The molecule has 0 N–H and O–H groups in total. The van der Waals surface area contributed by atoms with Gasteiger partial charge < -0.3 is 27.8 Å². The Bertz CT molecular complexity index is 1110. The summed E-state index contributed by atoms with van der Waals surface area (Å²) in [6.45, 7) is 22.6. The van der Waals surface area contributed by atoms with Crippen LogP contribution in [-0.2, 0) is 36.8 Å². The molecule has 0 fully saturated rings. The summed E-state index contributed by atoms with van der Waals surface area (Å²) in [5.41, 5.74) is 2.69. The van der Waals surface area contributed by atoms with Crippen LogP contribution in [0, 0.1) is 0 Å². The fourth-order valence-electron chi connectivity index (χ4n) is 4.28. The average molecular weight is 561 g/mol. The third-order valence-corrected chi connectivity index (χ3v) is 17.4. The first-order chi connectivity index (χ1) is 17.4. The van der Waals surface area contributed by atoms with Crippen molar-refractivity contribution in [3.8, 4) is 11.5 Å². The molecule has 2 aromatic rings. The molecule has 1 atom stereocenters. The van der Waals surface area contributed by atoms with E-state index in [4.69, 9.17) is 27.8 Å². The predicted molar refractivity (Wildman–Crippen MR) is 158 cm³/mol. The van der Waals surface area contributed by atoms with E-state index in [2.05, 4.69) is 67.7 Å². The fraction of sp³-hybridized carbons (Fsp3) is 0.600. The number of ether oxygens (including phenoxy) is 4. The molecular formula is C30H48O6Si2. The molecule has 3 rings (SSSR count). The summed E-state index contributed by atoms with van der Waals surface area (Å²) in [5, 5.41) is -0.0825. The number of hydrogen-bond donors (Lipinski definition) is 0. The molecule has 0 radical (unpaired) electrons. The molecule has 0 saturated heterocycles. The van der Waals surface area contributed by atoms with E-state index in [0.717, 1.165) is 16.7 Å². The molecule has 0 heterocycles. The highest BCUT2D eigenvalue weighted by Crippen LogP contribution is 2.64. The van der Waals surface area contributed by atoms with Crippen molar-refractivity contribution in [2.45, 2.75) is 96.0 Å². The van der Waals surface area contributed by atoms with Gasteiger partial charge in [0.15, 0.2) is 8.32 Å². The summed E-state index contributed by atoms with van der Waals surface area (Å²) in [6, 6.07) is 14.1. The summed E-state index contributed by atoms with van der Waals surface area (Å²) in [5.74, 6) is -1.21. The standard InChI is InChI=1S/C30H48O6Si2/c1-27(2,3)37(10,11)35-25-20-23(34-21-22-17-15-14-16-18-22)19-24-26(25)30(33-9,29(24,31-7)32-8)36-38(12,13)28(4,5)6/h14-20H,21H2,1-13H3. The van der Waals surface area contributed by atoms with Gasteiger partial charge in [0.25, 0.3) is 11.6 Å². The van der Waals surface area contributed by atoms with Gasteiger partial charge in [-0.25, -0.2) is 0 Å². The van der Waals surface area contributed by atoms with Crippen molar-refractivity contribution in [3.05, 3.63) is 59.2 Å². The highest BCUT2D eigenvalue weighted by atomic mass is 28.4. The first-order valence-electron chi connectivity index (χ1n) is 13.3. The molecule has 1 unspecified atom stereocenters. The van der Waals surface area contributed by atoms with E-state index >= 15 is 0 Å². The first kappa shape index (κ1) is 30.8. The van der Waals surface area contributed by atoms with Crippen molar-refractivity contribution in [2.24, 2.45) is 0 Å². The Balaban J connectivity index is 2.23. The lowest BCUT2D eigenvalue weighted by molar-refractivity contribution is -0.415. The van der Waals surface area contributed by atoms with Crippen molar-refractivity contribution in [3.63, 3.8) is 0 Å². The Morgan fingerprint density at radius 2 is 1.24 bits per heavy atom. The molecule has 1 aliphatic carbocycles. The molecule has 0 bridgehead atoms. The summed E-state index contributed by atoms with van der Waals surface area (Å²) in [6.07, 6.45) is 0. The van der Waals surface area contributed by atoms with E-state index in [0.29, 0.717) is 18.1 Å². The Kier molecular flexibility index (Phi) is 8.42. The molecule has 0 aromatic heterocycles. The second-order valence-electron chi connectivity index (χ2n) is 13.2. The third-order valence-electron chi connectivity index (χ3n) is 8.68. The van der Waals surface area contributed by atoms with Crippen LogP contribution in [0.2, 0.25) is 36.3 Å². The van der Waals surface area contributed by atoms with Crippen molar-refractivity contribution in [1.82, 2.24) is 0 Å². The molecule has 1 aliphatic rings. The van der Waals surface area contributed by atoms with Crippen LogP contribution in [-0.4, -0.2) is 38.0 Å². The van der Waals surface area contributed by atoms with E-state index in [1.54, 1.807) is 21.3 Å².